The molecule has 1 rings (SSSR count). The number of ether oxygens (including phenoxy) is 2. The molecule has 0 bridgehead atoms. The van der Waals surface area contributed by atoms with Crippen LogP contribution >= 0.6 is 0 Å². The first-order chi connectivity index (χ1) is 9.33. The Morgan fingerprint density at radius 1 is 0.947 bits per heavy atom. The lowest BCUT2D eigenvalue weighted by molar-refractivity contribution is 0.382. The van der Waals surface area contributed by atoms with E-state index in [-0.39, 0.29) is 0 Å². The Kier molecular flexibility index (Phi) is 8.02. The van der Waals surface area contributed by atoms with Gasteiger partial charge in [0.15, 0.2) is 0 Å². The van der Waals surface area contributed by atoms with Crippen molar-refractivity contribution >= 4 is 0 Å². The van der Waals surface area contributed by atoms with Crippen LogP contribution in [0.1, 0.15) is 25.3 Å². The summed E-state index contributed by atoms with van der Waals surface area (Å²) in [5, 5.41) is 6.82. The van der Waals surface area contributed by atoms with Gasteiger partial charge in [0.25, 0.3) is 0 Å². The van der Waals surface area contributed by atoms with Crippen LogP contribution in [0.15, 0.2) is 18.2 Å². The Balaban J connectivity index is 2.35. The highest BCUT2D eigenvalue weighted by atomic mass is 16.5. The Morgan fingerprint density at radius 3 is 2.16 bits per heavy atom. The van der Waals surface area contributed by atoms with Crippen molar-refractivity contribution in [2.24, 2.45) is 0 Å². The van der Waals surface area contributed by atoms with E-state index in [1.165, 1.54) is 6.42 Å². The van der Waals surface area contributed by atoms with Crippen molar-refractivity contribution < 1.29 is 9.47 Å². The molecule has 0 aliphatic rings. The summed E-state index contributed by atoms with van der Waals surface area (Å²) in [4.78, 5) is 0. The van der Waals surface area contributed by atoms with Crippen molar-refractivity contribution in [2.75, 3.05) is 33.9 Å². The molecule has 0 fully saturated rings. The minimum Gasteiger partial charge on any atom is -0.496 e. The number of nitrogens with one attached hydrogen (secondary N) is 2. The zero-order chi connectivity index (χ0) is 13.9. The minimum atomic E-state index is 0.765. The van der Waals surface area contributed by atoms with Crippen molar-refractivity contribution in [3.63, 3.8) is 0 Å². The van der Waals surface area contributed by atoms with E-state index in [2.05, 4.69) is 17.6 Å². The average molecular weight is 266 g/mol. The highest BCUT2D eigenvalue weighted by Gasteiger charge is 2.08. The summed E-state index contributed by atoms with van der Waals surface area (Å²) in [6.07, 6.45) is 2.31. The molecular formula is C15H26N2O2. The lowest BCUT2D eigenvalue weighted by atomic mass is 10.1. The number of hydrogen-bond acceptors (Lipinski definition) is 4. The van der Waals surface area contributed by atoms with Crippen LogP contribution in [0.5, 0.6) is 11.5 Å². The number of rotatable bonds is 10. The smallest absolute Gasteiger partial charge is 0.127 e. The SMILES string of the molecule is CCCNCCCNCc1c(OC)cccc1OC. The molecule has 1 aromatic rings. The zero-order valence-electron chi connectivity index (χ0n) is 12.3. The molecule has 0 aliphatic heterocycles. The maximum atomic E-state index is 5.37. The molecular weight excluding hydrogens is 240 g/mol. The molecule has 1 aromatic carbocycles. The number of hydrogen-bond donors (Lipinski definition) is 2. The van der Waals surface area contributed by atoms with E-state index in [4.69, 9.17) is 9.47 Å². The van der Waals surface area contributed by atoms with Crippen molar-refractivity contribution in [3.05, 3.63) is 23.8 Å². The molecule has 0 aliphatic carbocycles. The van der Waals surface area contributed by atoms with Gasteiger partial charge in [-0.15, -0.1) is 0 Å². The molecule has 0 saturated carbocycles. The highest BCUT2D eigenvalue weighted by Crippen LogP contribution is 2.27. The summed E-state index contributed by atoms with van der Waals surface area (Å²) in [5.74, 6) is 1.74. The Bertz CT molecular complexity index is 334. The fourth-order valence-electron chi connectivity index (χ4n) is 1.96. The predicted molar refractivity (Wildman–Crippen MR) is 79.0 cm³/mol. The van der Waals surface area contributed by atoms with Gasteiger partial charge in [0.1, 0.15) is 11.5 Å². The summed E-state index contributed by atoms with van der Waals surface area (Å²) in [7, 11) is 3.37. The lowest BCUT2D eigenvalue weighted by Gasteiger charge is -2.13. The Hall–Kier alpha value is -1.26. The van der Waals surface area contributed by atoms with Crippen LogP contribution in [-0.4, -0.2) is 33.9 Å². The van der Waals surface area contributed by atoms with Gasteiger partial charge in [-0.3, -0.25) is 0 Å². The zero-order valence-corrected chi connectivity index (χ0v) is 12.3. The second-order valence-corrected chi connectivity index (χ2v) is 4.42. The summed E-state index contributed by atoms with van der Waals surface area (Å²) in [6, 6.07) is 5.86. The molecule has 0 heterocycles. The summed E-state index contributed by atoms with van der Waals surface area (Å²) >= 11 is 0. The van der Waals surface area contributed by atoms with Gasteiger partial charge < -0.3 is 20.1 Å². The first-order valence-electron chi connectivity index (χ1n) is 6.94. The maximum Gasteiger partial charge on any atom is 0.127 e. The van der Waals surface area contributed by atoms with Crippen LogP contribution in [0.2, 0.25) is 0 Å². The largest absolute Gasteiger partial charge is 0.496 e. The van der Waals surface area contributed by atoms with Crippen molar-refractivity contribution in [2.45, 2.75) is 26.3 Å². The van der Waals surface area contributed by atoms with Crippen LogP contribution in [0.4, 0.5) is 0 Å². The standard InChI is InChI=1S/C15H26N2O2/c1-4-9-16-10-6-11-17-12-13-14(18-2)7-5-8-15(13)19-3/h5,7-8,16-17H,4,6,9-12H2,1-3H3. The summed E-state index contributed by atoms with van der Waals surface area (Å²) < 4.78 is 10.7. The number of methoxy groups -OCH3 is 2. The van der Waals surface area contributed by atoms with Gasteiger partial charge >= 0.3 is 0 Å². The fraction of sp³-hybridized carbons (Fsp3) is 0.600. The van der Waals surface area contributed by atoms with Gasteiger partial charge in [0.2, 0.25) is 0 Å². The molecule has 108 valence electrons. The van der Waals surface area contributed by atoms with E-state index in [0.29, 0.717) is 0 Å². The molecule has 0 radical (unpaired) electrons. The fourth-order valence-corrected chi connectivity index (χ4v) is 1.96. The monoisotopic (exact) mass is 266 g/mol. The van der Waals surface area contributed by atoms with Crippen LogP contribution in [0.3, 0.4) is 0 Å². The summed E-state index contributed by atoms with van der Waals surface area (Å²) in [6.45, 7) is 6.09. The third kappa shape index (κ3) is 5.49. The van der Waals surface area contributed by atoms with Gasteiger partial charge in [0.05, 0.1) is 14.2 Å². The molecule has 19 heavy (non-hydrogen) atoms. The topological polar surface area (TPSA) is 42.5 Å². The van der Waals surface area contributed by atoms with Crippen molar-refractivity contribution in [3.8, 4) is 11.5 Å². The lowest BCUT2D eigenvalue weighted by Crippen LogP contribution is -2.22. The van der Waals surface area contributed by atoms with Gasteiger partial charge in [-0.1, -0.05) is 13.0 Å². The molecule has 0 saturated heterocycles. The molecule has 0 aromatic heterocycles. The van der Waals surface area contributed by atoms with E-state index in [0.717, 1.165) is 49.7 Å². The molecule has 0 amide bonds. The molecule has 0 spiro atoms. The van der Waals surface area contributed by atoms with Crippen LogP contribution < -0.4 is 20.1 Å². The quantitative estimate of drug-likeness (QED) is 0.637. The Morgan fingerprint density at radius 2 is 1.58 bits per heavy atom. The highest BCUT2D eigenvalue weighted by molar-refractivity contribution is 5.44. The molecule has 0 unspecified atom stereocenters. The van der Waals surface area contributed by atoms with Crippen molar-refractivity contribution in [1.29, 1.82) is 0 Å². The average Bonchev–Trinajstić information content (AvgIpc) is 2.46. The third-order valence-electron chi connectivity index (χ3n) is 2.97. The van der Waals surface area contributed by atoms with Gasteiger partial charge in [-0.25, -0.2) is 0 Å². The minimum absolute atomic E-state index is 0.765. The van der Waals surface area contributed by atoms with E-state index in [9.17, 15) is 0 Å². The normalized spacial score (nSPS) is 10.5. The van der Waals surface area contributed by atoms with Gasteiger partial charge in [-0.2, -0.15) is 0 Å². The predicted octanol–water partition coefficient (Wildman–Crippen LogP) is 2.18. The van der Waals surface area contributed by atoms with E-state index < -0.39 is 0 Å². The van der Waals surface area contributed by atoms with Gasteiger partial charge in [-0.05, 0) is 44.6 Å². The van der Waals surface area contributed by atoms with Gasteiger partial charge in [0, 0.05) is 12.1 Å². The van der Waals surface area contributed by atoms with Crippen molar-refractivity contribution in [1.82, 2.24) is 10.6 Å². The molecule has 0 atom stereocenters. The maximum absolute atomic E-state index is 5.37. The van der Waals surface area contributed by atoms with Crippen LogP contribution in [0, 0.1) is 0 Å². The molecule has 4 nitrogen and oxygen atoms in total. The third-order valence-corrected chi connectivity index (χ3v) is 2.97. The van der Waals surface area contributed by atoms with E-state index in [1.54, 1.807) is 14.2 Å². The van der Waals surface area contributed by atoms with Crippen LogP contribution in [-0.2, 0) is 6.54 Å². The first kappa shape index (κ1) is 15.8. The summed E-state index contributed by atoms with van der Waals surface area (Å²) in [5.41, 5.74) is 1.08. The second kappa shape index (κ2) is 9.64. The van der Waals surface area contributed by atoms with E-state index >= 15 is 0 Å². The first-order valence-corrected chi connectivity index (χ1v) is 6.94. The Labute approximate surface area is 116 Å². The second-order valence-electron chi connectivity index (χ2n) is 4.42. The molecule has 4 heteroatoms. The van der Waals surface area contributed by atoms with E-state index in [1.807, 2.05) is 18.2 Å². The number of benzene rings is 1. The van der Waals surface area contributed by atoms with Crippen LogP contribution in [0.25, 0.3) is 0 Å². The molecule has 2 N–H and O–H groups in total.